The highest BCUT2D eigenvalue weighted by Gasteiger charge is 2.11. The predicted octanol–water partition coefficient (Wildman–Crippen LogP) is 16.1. The summed E-state index contributed by atoms with van der Waals surface area (Å²) < 4.78 is 15.7. The predicted molar refractivity (Wildman–Crippen MR) is 256 cm³/mol. The molecule has 6 heterocycles. The number of rotatable bonds is 7. The van der Waals surface area contributed by atoms with Gasteiger partial charge in [-0.05, 0) is 119 Å². The maximum absolute atomic E-state index is 11.2. The monoisotopic (exact) mass is 1190 g/mol. The molecule has 0 saturated carbocycles. The number of thioether (sulfide) groups is 1. The Morgan fingerprint density at radius 1 is 0.963 bits per heavy atom. The zero-order chi connectivity index (χ0) is 41.6. The van der Waals surface area contributed by atoms with E-state index in [1.165, 1.54) is 58.2 Å². The molecule has 0 spiro atoms. The number of esters is 1. The normalized spacial score (nSPS) is 11.2. The van der Waals surface area contributed by atoms with Crippen molar-refractivity contribution in [3.63, 3.8) is 0 Å². The summed E-state index contributed by atoms with van der Waals surface area (Å²) in [4.78, 5) is 32.8. The zero-order valence-corrected chi connectivity index (χ0v) is 43.4. The van der Waals surface area contributed by atoms with E-state index in [2.05, 4.69) is 72.4 Å². The van der Waals surface area contributed by atoms with Crippen LogP contribution in [-0.2, 0) is 27.2 Å². The highest BCUT2D eigenvalue weighted by atomic mass is 80.0. The Bertz CT molecular complexity index is 1730. The topological polar surface area (TPSA) is 102 Å². The number of aromatic amines is 1. The molecule has 0 aromatic carbocycles. The van der Waals surface area contributed by atoms with Crippen LogP contribution in [0.2, 0.25) is 20.1 Å². The van der Waals surface area contributed by atoms with Gasteiger partial charge in [-0.3, -0.25) is 4.79 Å². The number of ether oxygens (including phenoxy) is 2. The fourth-order valence-electron chi connectivity index (χ4n) is 3.19. The van der Waals surface area contributed by atoms with Gasteiger partial charge >= 0.3 is 5.97 Å². The Kier molecular flexibility index (Phi) is 34.1. The number of carbonyl (C=O) groups excluding carboxylic acids is 1. The van der Waals surface area contributed by atoms with E-state index in [1.807, 2.05) is 28.3 Å². The number of halogens is 8. The number of H-pyrrole nitrogens is 1. The highest BCUT2D eigenvalue weighted by molar-refractivity contribution is 9.93. The summed E-state index contributed by atoms with van der Waals surface area (Å²) in [5, 5.41) is 20.3. The number of thiophene rings is 4. The number of aryl methyl sites for hydroxylation is 1. The van der Waals surface area contributed by atoms with Crippen LogP contribution in [0, 0.1) is 6.92 Å². The van der Waals surface area contributed by atoms with E-state index >= 15 is 0 Å². The van der Waals surface area contributed by atoms with Crippen molar-refractivity contribution in [2.45, 2.75) is 63.4 Å². The van der Waals surface area contributed by atoms with Crippen LogP contribution in [0.25, 0.3) is 0 Å². The van der Waals surface area contributed by atoms with E-state index in [4.69, 9.17) is 62.4 Å². The summed E-state index contributed by atoms with van der Waals surface area (Å²) in [7, 11) is 0. The SMILES string of the molecule is BrP(Br)Br.C1CCOC1.CCOC(=O)c1sccc1Cl.Cc1cc(=O)[nH]c(SCc2sccc2Cl)n1.Clc1ccsc1CBr.OCc1sccc1Cl.[2H]CC. The second-order valence-electron chi connectivity index (χ2n) is 9.18. The van der Waals surface area contributed by atoms with Crippen LogP contribution < -0.4 is 5.56 Å². The summed E-state index contributed by atoms with van der Waals surface area (Å²) >= 11 is 43.3. The lowest BCUT2D eigenvalue weighted by Gasteiger charge is -2.00. The maximum atomic E-state index is 11.2. The lowest BCUT2D eigenvalue weighted by atomic mass is 10.4. The fourth-order valence-corrected chi connectivity index (χ4v) is 9.20. The molecule has 0 amide bonds. The van der Waals surface area contributed by atoms with Gasteiger partial charge < -0.3 is 19.6 Å². The van der Waals surface area contributed by atoms with Crippen molar-refractivity contribution >= 4 is 176 Å². The average Bonchev–Trinajstić information content (AvgIpc) is 3.99. The van der Waals surface area contributed by atoms with Crippen molar-refractivity contribution in [1.82, 2.24) is 9.97 Å². The number of nitrogens with one attached hydrogen (secondary N) is 1. The van der Waals surface area contributed by atoms with Crippen molar-refractivity contribution in [2.75, 3.05) is 19.8 Å². The second-order valence-corrected chi connectivity index (χ2v) is 31.6. The van der Waals surface area contributed by atoms with E-state index in [1.54, 1.807) is 61.0 Å². The van der Waals surface area contributed by atoms with E-state index in [9.17, 15) is 9.59 Å². The number of aliphatic hydroxyl groups is 1. The molecule has 1 aliphatic rings. The Morgan fingerprint density at radius 3 is 1.78 bits per heavy atom. The molecule has 5 aromatic heterocycles. The third kappa shape index (κ3) is 26.1. The largest absolute Gasteiger partial charge is 0.462 e. The number of hydrogen-bond acceptors (Lipinski definition) is 11. The summed E-state index contributed by atoms with van der Waals surface area (Å²) in [5.74, 6) is 0.385. The number of nitrogens with zero attached hydrogens (tertiary/aromatic N) is 1. The first-order chi connectivity index (χ1) is 26.2. The number of carbonyl (C=O) groups is 1. The van der Waals surface area contributed by atoms with Crippen LogP contribution in [-0.4, -0.2) is 40.9 Å². The third-order valence-corrected chi connectivity index (χ3v) is 12.9. The first-order valence-corrected chi connectivity index (χ1v) is 29.8. The van der Waals surface area contributed by atoms with Gasteiger partial charge in [0.05, 0.1) is 33.3 Å². The first-order valence-electron chi connectivity index (χ1n) is 16.0. The molecule has 0 bridgehead atoms. The number of aromatic nitrogens is 2. The van der Waals surface area contributed by atoms with Gasteiger partial charge in [0.2, 0.25) is 0 Å². The minimum absolute atomic E-state index is 0.0521. The van der Waals surface area contributed by atoms with Gasteiger partial charge in [0.15, 0.2) is 5.16 Å². The molecule has 302 valence electrons. The summed E-state index contributed by atoms with van der Waals surface area (Å²) in [5.41, 5.74) is 0.607. The summed E-state index contributed by atoms with van der Waals surface area (Å²) in [6.07, 6.45) is 2.56. The van der Waals surface area contributed by atoms with E-state index in [0.29, 0.717) is 33.6 Å². The lowest BCUT2D eigenvalue weighted by Crippen LogP contribution is -2.07. The van der Waals surface area contributed by atoms with Gasteiger partial charge in [0, 0.05) is 52.1 Å². The van der Waals surface area contributed by atoms with Gasteiger partial charge in [-0.15, -0.1) is 45.3 Å². The Balaban J connectivity index is 0.000000661. The van der Waals surface area contributed by atoms with Crippen molar-refractivity contribution in [2.24, 2.45) is 0 Å². The van der Waals surface area contributed by atoms with Crippen LogP contribution in [0.3, 0.4) is 0 Å². The molecular formula is C33H39Br4Cl4N2O5PS5. The van der Waals surface area contributed by atoms with Crippen LogP contribution >= 0.6 is 170 Å². The minimum atomic E-state index is -0.340. The molecule has 1 saturated heterocycles. The number of hydrogen-bond donors (Lipinski definition) is 2. The molecule has 0 unspecified atom stereocenters. The molecule has 0 atom stereocenters. The van der Waals surface area contributed by atoms with Crippen molar-refractivity contribution < 1.29 is 20.7 Å². The second kappa shape index (κ2) is 34.8. The number of alkyl halides is 1. The third-order valence-electron chi connectivity index (χ3n) is 5.43. The van der Waals surface area contributed by atoms with Gasteiger partial charge in [0.1, 0.15) is 8.91 Å². The Labute approximate surface area is 392 Å². The Hall–Kier alpha value is 0.930. The van der Waals surface area contributed by atoms with Crippen LogP contribution in [0.5, 0.6) is 0 Å². The Morgan fingerprint density at radius 2 is 1.44 bits per heavy atom. The van der Waals surface area contributed by atoms with Crippen molar-refractivity contribution in [3.8, 4) is 0 Å². The minimum Gasteiger partial charge on any atom is -0.462 e. The molecule has 54 heavy (non-hydrogen) atoms. The molecule has 5 aromatic rings. The fraction of sp³-hybridized carbons (Fsp3) is 0.364. The molecular weight excluding hydrogens is 1160 g/mol. The quantitative estimate of drug-likeness (QED) is 0.0550. The van der Waals surface area contributed by atoms with Crippen molar-refractivity contribution in [1.29, 1.82) is 0 Å². The molecule has 1 aliphatic heterocycles. The van der Waals surface area contributed by atoms with Crippen LogP contribution in [0.15, 0.2) is 61.8 Å². The lowest BCUT2D eigenvalue weighted by molar-refractivity contribution is 0.0532. The molecule has 7 nitrogen and oxygen atoms in total. The maximum Gasteiger partial charge on any atom is 0.349 e. The highest BCUT2D eigenvalue weighted by Crippen LogP contribution is 2.59. The molecule has 21 heteroatoms. The average molecular weight is 1200 g/mol. The van der Waals surface area contributed by atoms with Gasteiger partial charge in [-0.2, -0.15) is 0 Å². The summed E-state index contributed by atoms with van der Waals surface area (Å²) in [6.45, 7) is 8.29. The van der Waals surface area contributed by atoms with Crippen LogP contribution in [0.1, 0.15) is 65.0 Å². The molecule has 0 radical (unpaired) electrons. The van der Waals surface area contributed by atoms with E-state index < -0.39 is 0 Å². The molecule has 1 fully saturated rings. The molecule has 2 N–H and O–H groups in total. The van der Waals surface area contributed by atoms with Crippen LogP contribution in [0.4, 0.5) is 0 Å². The standard InChI is InChI=1S/C10H9ClN2OS2.C7H7ClO2S.C5H4BrClS.C5H5ClOS.C4H8O.C2H6.Br3P/c1-6-4-9(14)13-10(12-6)16-5-8-7(11)2-3-15-8;1-2-10-7(9)6-5(8)3-4-11-6;6-3-5-4(7)1-2-8-5;6-4-1-2-8-5(4)3-7;1-2-4-5-3-1;1-2;1-4(2)3/h2-4H,5H2,1H3,(H,12,13,14);3-4H,2H2,1H3;1-2H,3H2;1-2,7H,3H2;1-4H2;1-2H3;/i;;;;;1D;. The van der Waals surface area contributed by atoms with Gasteiger partial charge in [-0.1, -0.05) is 87.9 Å². The zero-order valence-electron chi connectivity index (χ0n) is 30.1. The van der Waals surface area contributed by atoms with E-state index in [-0.39, 0.29) is 22.2 Å². The first kappa shape index (κ1) is 52.9. The number of aliphatic hydroxyl groups excluding tert-OH is 1. The van der Waals surface area contributed by atoms with Gasteiger partial charge in [0.25, 0.3) is 5.56 Å². The van der Waals surface area contributed by atoms with Gasteiger partial charge in [-0.25, -0.2) is 9.78 Å². The summed E-state index contributed by atoms with van der Waals surface area (Å²) in [6, 6.07) is 8.70. The smallest absolute Gasteiger partial charge is 0.349 e. The van der Waals surface area contributed by atoms with Crippen molar-refractivity contribution in [3.05, 3.63) is 107 Å². The molecule has 6 rings (SSSR count). The van der Waals surface area contributed by atoms with E-state index in [0.717, 1.165) is 49.8 Å². The molecule has 0 aliphatic carbocycles.